The predicted molar refractivity (Wildman–Crippen MR) is 63.4 cm³/mol. The van der Waals surface area contributed by atoms with Crippen LogP contribution in [0.4, 0.5) is 8.78 Å². The number of ether oxygens (including phenoxy) is 1. The van der Waals surface area contributed by atoms with E-state index >= 15 is 0 Å². The van der Waals surface area contributed by atoms with Crippen molar-refractivity contribution < 1.29 is 23.5 Å². The van der Waals surface area contributed by atoms with Gasteiger partial charge in [-0.2, -0.15) is 0 Å². The lowest BCUT2D eigenvalue weighted by atomic mass is 9.88. The quantitative estimate of drug-likeness (QED) is 0.468. The summed E-state index contributed by atoms with van der Waals surface area (Å²) in [6.07, 6.45) is 0. The zero-order chi connectivity index (χ0) is 13.9. The van der Waals surface area contributed by atoms with E-state index in [1.807, 2.05) is 0 Å². The fourth-order valence-corrected chi connectivity index (χ4v) is 1.56. The smallest absolute Gasteiger partial charge is 0.170 e. The standard InChI is InChI=1S/C12H14F2N2O3/c13-9-2-1-8(3-10(9)14)11(15)16-19-7-12(4-17)5-18-6-12/h1-3,17H,4-7H2,(H2,15,16). The van der Waals surface area contributed by atoms with Gasteiger partial charge in [-0.1, -0.05) is 5.16 Å². The van der Waals surface area contributed by atoms with Gasteiger partial charge in [-0.05, 0) is 18.2 Å². The molecule has 7 heteroatoms. The van der Waals surface area contributed by atoms with E-state index in [1.165, 1.54) is 6.07 Å². The molecule has 0 spiro atoms. The van der Waals surface area contributed by atoms with Crippen molar-refractivity contribution in [1.29, 1.82) is 0 Å². The number of nitrogens with two attached hydrogens (primary N) is 1. The zero-order valence-electron chi connectivity index (χ0n) is 10.1. The fraction of sp³-hybridized carbons (Fsp3) is 0.417. The van der Waals surface area contributed by atoms with E-state index in [0.717, 1.165) is 12.1 Å². The molecule has 19 heavy (non-hydrogen) atoms. The van der Waals surface area contributed by atoms with Gasteiger partial charge in [0, 0.05) is 5.56 Å². The maximum absolute atomic E-state index is 13.0. The normalized spacial score (nSPS) is 17.9. The molecular formula is C12H14F2N2O3. The number of aliphatic hydroxyl groups is 1. The van der Waals surface area contributed by atoms with Crippen LogP contribution in [0, 0.1) is 17.0 Å². The molecule has 0 radical (unpaired) electrons. The van der Waals surface area contributed by atoms with E-state index in [4.69, 9.17) is 20.4 Å². The lowest BCUT2D eigenvalue weighted by Crippen LogP contribution is -2.48. The van der Waals surface area contributed by atoms with Crippen molar-refractivity contribution in [3.8, 4) is 0 Å². The number of aliphatic hydroxyl groups excluding tert-OH is 1. The summed E-state index contributed by atoms with van der Waals surface area (Å²) in [6, 6.07) is 3.20. The summed E-state index contributed by atoms with van der Waals surface area (Å²) in [5.74, 6) is -2.02. The molecule has 3 N–H and O–H groups in total. The zero-order valence-corrected chi connectivity index (χ0v) is 10.1. The number of halogens is 2. The highest BCUT2D eigenvalue weighted by molar-refractivity contribution is 5.97. The first-order valence-corrected chi connectivity index (χ1v) is 5.66. The highest BCUT2D eigenvalue weighted by Crippen LogP contribution is 2.26. The van der Waals surface area contributed by atoms with E-state index in [9.17, 15) is 8.78 Å². The Bertz CT molecular complexity index is 484. The van der Waals surface area contributed by atoms with Gasteiger partial charge in [0.2, 0.25) is 0 Å². The molecule has 1 fully saturated rings. The van der Waals surface area contributed by atoms with Gasteiger partial charge < -0.3 is 20.4 Å². The second-order valence-corrected chi connectivity index (χ2v) is 4.53. The minimum atomic E-state index is -1.00. The molecule has 0 bridgehead atoms. The van der Waals surface area contributed by atoms with Crippen molar-refractivity contribution in [3.63, 3.8) is 0 Å². The average molecular weight is 272 g/mol. The summed E-state index contributed by atoms with van der Waals surface area (Å²) >= 11 is 0. The summed E-state index contributed by atoms with van der Waals surface area (Å²) in [4.78, 5) is 5.02. The number of nitrogens with zero attached hydrogens (tertiary/aromatic N) is 1. The number of hydrogen-bond acceptors (Lipinski definition) is 4. The second-order valence-electron chi connectivity index (χ2n) is 4.53. The van der Waals surface area contributed by atoms with Gasteiger partial charge >= 0.3 is 0 Å². The number of oxime groups is 1. The highest BCUT2D eigenvalue weighted by Gasteiger charge is 2.39. The Kier molecular flexibility index (Phi) is 3.96. The van der Waals surface area contributed by atoms with E-state index in [1.54, 1.807) is 0 Å². The van der Waals surface area contributed by atoms with Crippen LogP contribution in [0.25, 0.3) is 0 Å². The van der Waals surface area contributed by atoms with Gasteiger partial charge in [-0.3, -0.25) is 0 Å². The van der Waals surface area contributed by atoms with Crippen LogP contribution < -0.4 is 5.73 Å². The Morgan fingerprint density at radius 3 is 2.68 bits per heavy atom. The minimum absolute atomic E-state index is 0.0627. The molecule has 0 aromatic heterocycles. The summed E-state index contributed by atoms with van der Waals surface area (Å²) in [5, 5.41) is 12.8. The summed E-state index contributed by atoms with van der Waals surface area (Å²) < 4.78 is 30.7. The molecule has 104 valence electrons. The van der Waals surface area contributed by atoms with E-state index in [2.05, 4.69) is 5.16 Å². The van der Waals surface area contributed by atoms with Crippen LogP contribution >= 0.6 is 0 Å². The highest BCUT2D eigenvalue weighted by atomic mass is 19.2. The molecule has 1 aliphatic rings. The van der Waals surface area contributed by atoms with Crippen molar-refractivity contribution in [2.24, 2.45) is 16.3 Å². The first kappa shape index (κ1) is 13.7. The molecule has 1 saturated heterocycles. The monoisotopic (exact) mass is 272 g/mol. The molecule has 0 unspecified atom stereocenters. The number of hydrogen-bond donors (Lipinski definition) is 2. The van der Waals surface area contributed by atoms with Crippen LogP contribution in [0.1, 0.15) is 5.56 Å². The van der Waals surface area contributed by atoms with E-state index in [-0.39, 0.29) is 24.6 Å². The number of benzene rings is 1. The Balaban J connectivity index is 1.96. The van der Waals surface area contributed by atoms with Gasteiger partial charge in [-0.15, -0.1) is 0 Å². The van der Waals surface area contributed by atoms with Crippen molar-refractivity contribution in [2.45, 2.75) is 0 Å². The van der Waals surface area contributed by atoms with E-state index in [0.29, 0.717) is 13.2 Å². The third kappa shape index (κ3) is 2.99. The van der Waals surface area contributed by atoms with Crippen molar-refractivity contribution in [2.75, 3.05) is 26.4 Å². The molecular weight excluding hydrogens is 258 g/mol. The van der Waals surface area contributed by atoms with Gasteiger partial charge in [0.05, 0.1) is 25.2 Å². The van der Waals surface area contributed by atoms with Crippen molar-refractivity contribution >= 4 is 5.84 Å². The molecule has 1 aromatic carbocycles. The third-order valence-electron chi connectivity index (χ3n) is 2.90. The van der Waals surface area contributed by atoms with Gasteiger partial charge in [0.1, 0.15) is 6.61 Å². The molecule has 1 heterocycles. The SMILES string of the molecule is N/C(=N/OCC1(CO)COC1)c1ccc(F)c(F)c1. The van der Waals surface area contributed by atoms with Crippen LogP contribution in [-0.2, 0) is 9.57 Å². The summed E-state index contributed by atoms with van der Waals surface area (Å²) in [7, 11) is 0. The third-order valence-corrected chi connectivity index (χ3v) is 2.90. The van der Waals surface area contributed by atoms with Gasteiger partial charge in [0.25, 0.3) is 0 Å². The van der Waals surface area contributed by atoms with Crippen LogP contribution in [0.2, 0.25) is 0 Å². The van der Waals surface area contributed by atoms with Gasteiger partial charge in [-0.25, -0.2) is 8.78 Å². The first-order valence-electron chi connectivity index (χ1n) is 5.66. The number of rotatable bonds is 5. The average Bonchev–Trinajstić information content (AvgIpc) is 2.36. The Morgan fingerprint density at radius 1 is 1.42 bits per heavy atom. The Hall–Kier alpha value is -1.73. The fourth-order valence-electron chi connectivity index (χ4n) is 1.56. The van der Waals surface area contributed by atoms with Crippen molar-refractivity contribution in [3.05, 3.63) is 35.4 Å². The predicted octanol–water partition coefficient (Wildman–Crippen LogP) is 0.611. The van der Waals surface area contributed by atoms with Crippen LogP contribution in [0.15, 0.2) is 23.4 Å². The summed E-state index contributed by atoms with van der Waals surface area (Å²) in [5.41, 5.74) is 5.36. The molecule has 0 atom stereocenters. The molecule has 0 amide bonds. The van der Waals surface area contributed by atoms with E-state index < -0.39 is 17.0 Å². The van der Waals surface area contributed by atoms with Crippen LogP contribution in [0.5, 0.6) is 0 Å². The second kappa shape index (κ2) is 5.50. The topological polar surface area (TPSA) is 77.1 Å². The lowest BCUT2D eigenvalue weighted by Gasteiger charge is -2.38. The minimum Gasteiger partial charge on any atom is -0.395 e. The van der Waals surface area contributed by atoms with Crippen LogP contribution in [-0.4, -0.2) is 37.4 Å². The molecule has 1 aliphatic heterocycles. The Morgan fingerprint density at radius 2 is 2.16 bits per heavy atom. The maximum atomic E-state index is 13.0. The first-order chi connectivity index (χ1) is 9.06. The molecule has 0 saturated carbocycles. The Labute approximate surface area is 108 Å². The summed E-state index contributed by atoms with van der Waals surface area (Å²) in [6.45, 7) is 0.857. The largest absolute Gasteiger partial charge is 0.395 e. The van der Waals surface area contributed by atoms with Crippen LogP contribution in [0.3, 0.4) is 0 Å². The molecule has 1 aromatic rings. The lowest BCUT2D eigenvalue weighted by molar-refractivity contribution is -0.168. The molecule has 5 nitrogen and oxygen atoms in total. The maximum Gasteiger partial charge on any atom is 0.170 e. The number of amidine groups is 1. The van der Waals surface area contributed by atoms with Gasteiger partial charge in [0.15, 0.2) is 17.5 Å². The van der Waals surface area contributed by atoms with Crippen molar-refractivity contribution in [1.82, 2.24) is 0 Å². The molecule has 2 rings (SSSR count). The molecule has 0 aliphatic carbocycles.